The molecule has 0 aliphatic heterocycles. The number of amides is 2. The molecule has 3 rings (SSSR count). The van der Waals surface area contributed by atoms with Crippen LogP contribution in [0.3, 0.4) is 0 Å². The molecule has 7 heteroatoms. The predicted molar refractivity (Wildman–Crippen MR) is 151 cm³/mol. The van der Waals surface area contributed by atoms with Gasteiger partial charge in [0.15, 0.2) is 0 Å². The molecule has 0 heterocycles. The number of hydrogen-bond donors (Lipinski definition) is 1. The third kappa shape index (κ3) is 9.20. The number of halogens is 2. The molecule has 0 bridgehead atoms. The lowest BCUT2D eigenvalue weighted by Gasteiger charge is -2.32. The molecule has 1 atom stereocenters. The minimum absolute atomic E-state index is 0.0327. The van der Waals surface area contributed by atoms with E-state index in [2.05, 4.69) is 5.32 Å². The van der Waals surface area contributed by atoms with Gasteiger partial charge in [-0.05, 0) is 73.5 Å². The summed E-state index contributed by atoms with van der Waals surface area (Å²) in [5.41, 5.74) is 1.89. The van der Waals surface area contributed by atoms with Crippen molar-refractivity contribution in [2.75, 3.05) is 5.75 Å². The number of benzene rings is 3. The normalized spacial score (nSPS) is 11.8. The molecule has 0 aliphatic rings. The summed E-state index contributed by atoms with van der Waals surface area (Å²) < 4.78 is 0. The Morgan fingerprint density at radius 3 is 2.25 bits per heavy atom. The third-order valence-corrected chi connectivity index (χ3v) is 7.15. The summed E-state index contributed by atoms with van der Waals surface area (Å²) in [4.78, 5) is 29.8. The van der Waals surface area contributed by atoms with Crippen LogP contribution in [0.25, 0.3) is 0 Å². The maximum atomic E-state index is 13.6. The van der Waals surface area contributed by atoms with Crippen LogP contribution in [-0.2, 0) is 22.6 Å². The first kappa shape index (κ1) is 28.1. The standard InChI is InChI=1S/C29H32Cl2N2O2S/c1-21(2)32-29(35)27(19-22-8-4-3-5-9-22)33(20-23-10-6-11-25(31)18-23)28(34)12-7-17-36-26-15-13-24(30)14-16-26/h3-6,8-11,13-16,18,21,27H,7,12,17,19-20H2,1-2H3,(H,32,35)/t27-/m1/s1. The number of thioether (sulfide) groups is 1. The Morgan fingerprint density at radius 2 is 1.58 bits per heavy atom. The average Bonchev–Trinajstić information content (AvgIpc) is 2.85. The second-order valence-corrected chi connectivity index (χ2v) is 11.0. The summed E-state index contributed by atoms with van der Waals surface area (Å²) in [5.74, 6) is 0.589. The lowest BCUT2D eigenvalue weighted by atomic mass is 10.0. The third-order valence-electron chi connectivity index (χ3n) is 5.56. The van der Waals surface area contributed by atoms with Crippen molar-refractivity contribution < 1.29 is 9.59 Å². The van der Waals surface area contributed by atoms with Crippen molar-refractivity contribution >= 4 is 46.8 Å². The molecular weight excluding hydrogens is 511 g/mol. The minimum atomic E-state index is -0.634. The molecule has 4 nitrogen and oxygen atoms in total. The quantitative estimate of drug-likeness (QED) is 0.197. The summed E-state index contributed by atoms with van der Waals surface area (Å²) in [6, 6.07) is 24.3. The molecular formula is C29H32Cl2N2O2S. The van der Waals surface area contributed by atoms with E-state index < -0.39 is 6.04 Å². The van der Waals surface area contributed by atoms with E-state index in [1.807, 2.05) is 86.6 Å². The second-order valence-electron chi connectivity index (χ2n) is 8.93. The van der Waals surface area contributed by atoms with E-state index in [0.717, 1.165) is 21.8 Å². The van der Waals surface area contributed by atoms with Crippen LogP contribution in [0.1, 0.15) is 37.8 Å². The smallest absolute Gasteiger partial charge is 0.243 e. The lowest BCUT2D eigenvalue weighted by molar-refractivity contribution is -0.141. The minimum Gasteiger partial charge on any atom is -0.352 e. The van der Waals surface area contributed by atoms with E-state index in [-0.39, 0.29) is 17.9 Å². The molecule has 0 spiro atoms. The van der Waals surface area contributed by atoms with Gasteiger partial charge in [0.05, 0.1) is 0 Å². The molecule has 3 aromatic carbocycles. The summed E-state index contributed by atoms with van der Waals surface area (Å²) in [6.07, 6.45) is 1.48. The zero-order valence-electron chi connectivity index (χ0n) is 20.6. The maximum absolute atomic E-state index is 13.6. The van der Waals surface area contributed by atoms with Crippen molar-refractivity contribution in [1.29, 1.82) is 0 Å². The van der Waals surface area contributed by atoms with E-state index in [0.29, 0.717) is 35.9 Å². The van der Waals surface area contributed by atoms with Gasteiger partial charge in [-0.25, -0.2) is 0 Å². The number of nitrogens with one attached hydrogen (secondary N) is 1. The fourth-order valence-electron chi connectivity index (χ4n) is 3.85. The van der Waals surface area contributed by atoms with Crippen molar-refractivity contribution in [2.45, 2.75) is 56.6 Å². The predicted octanol–water partition coefficient (Wildman–Crippen LogP) is 7.03. The van der Waals surface area contributed by atoms with Gasteiger partial charge in [0.25, 0.3) is 0 Å². The highest BCUT2D eigenvalue weighted by Gasteiger charge is 2.30. The Morgan fingerprint density at radius 1 is 0.889 bits per heavy atom. The van der Waals surface area contributed by atoms with Crippen LogP contribution in [0.2, 0.25) is 10.0 Å². The van der Waals surface area contributed by atoms with Crippen molar-refractivity contribution in [3.05, 3.63) is 100 Å². The highest BCUT2D eigenvalue weighted by atomic mass is 35.5. The molecule has 0 saturated heterocycles. The number of hydrogen-bond acceptors (Lipinski definition) is 3. The van der Waals surface area contributed by atoms with Crippen LogP contribution in [0.15, 0.2) is 83.8 Å². The molecule has 36 heavy (non-hydrogen) atoms. The molecule has 1 N–H and O–H groups in total. The van der Waals surface area contributed by atoms with Crippen LogP contribution in [0.5, 0.6) is 0 Å². The molecule has 0 radical (unpaired) electrons. The molecule has 0 fully saturated rings. The highest BCUT2D eigenvalue weighted by molar-refractivity contribution is 7.99. The van der Waals surface area contributed by atoms with Crippen molar-refractivity contribution in [3.8, 4) is 0 Å². The first-order chi connectivity index (χ1) is 17.3. The molecule has 2 amide bonds. The van der Waals surface area contributed by atoms with E-state index in [4.69, 9.17) is 23.2 Å². The Kier molecular flexibility index (Phi) is 11.2. The van der Waals surface area contributed by atoms with Crippen LogP contribution in [-0.4, -0.2) is 34.6 Å². The van der Waals surface area contributed by atoms with E-state index >= 15 is 0 Å². The zero-order chi connectivity index (χ0) is 25.9. The van der Waals surface area contributed by atoms with Crippen LogP contribution in [0.4, 0.5) is 0 Å². The molecule has 0 aromatic heterocycles. The van der Waals surface area contributed by atoms with Gasteiger partial charge in [-0.3, -0.25) is 9.59 Å². The molecule has 0 aliphatic carbocycles. The zero-order valence-corrected chi connectivity index (χ0v) is 23.0. The number of rotatable bonds is 12. The van der Waals surface area contributed by atoms with Gasteiger partial charge in [0.1, 0.15) is 6.04 Å². The summed E-state index contributed by atoms with van der Waals surface area (Å²) in [7, 11) is 0. The first-order valence-electron chi connectivity index (χ1n) is 12.1. The summed E-state index contributed by atoms with van der Waals surface area (Å²) in [6.45, 7) is 4.16. The largest absolute Gasteiger partial charge is 0.352 e. The van der Waals surface area contributed by atoms with Gasteiger partial charge in [-0.1, -0.05) is 65.7 Å². The van der Waals surface area contributed by atoms with E-state index in [1.165, 1.54) is 0 Å². The molecule has 0 unspecified atom stereocenters. The Hall–Kier alpha value is -2.47. The van der Waals surface area contributed by atoms with Gasteiger partial charge in [-0.15, -0.1) is 11.8 Å². The Labute approximate surface area is 228 Å². The molecule has 0 saturated carbocycles. The Balaban J connectivity index is 1.78. The number of carbonyl (C=O) groups is 2. The fraction of sp³-hybridized carbons (Fsp3) is 0.310. The van der Waals surface area contributed by atoms with Crippen LogP contribution >= 0.6 is 35.0 Å². The lowest BCUT2D eigenvalue weighted by Crippen LogP contribution is -2.51. The van der Waals surface area contributed by atoms with E-state index in [9.17, 15) is 9.59 Å². The molecule has 190 valence electrons. The van der Waals surface area contributed by atoms with Gasteiger partial charge < -0.3 is 10.2 Å². The van der Waals surface area contributed by atoms with Crippen molar-refractivity contribution in [1.82, 2.24) is 10.2 Å². The monoisotopic (exact) mass is 542 g/mol. The summed E-state index contributed by atoms with van der Waals surface area (Å²) in [5, 5.41) is 4.32. The van der Waals surface area contributed by atoms with Crippen molar-refractivity contribution in [3.63, 3.8) is 0 Å². The van der Waals surface area contributed by atoms with Gasteiger partial charge >= 0.3 is 0 Å². The van der Waals surface area contributed by atoms with Crippen LogP contribution in [0, 0.1) is 0 Å². The SMILES string of the molecule is CC(C)NC(=O)[C@@H](Cc1ccccc1)N(Cc1cccc(Cl)c1)C(=O)CCCSc1ccc(Cl)cc1. The fourth-order valence-corrected chi connectivity index (χ4v) is 5.05. The summed E-state index contributed by atoms with van der Waals surface area (Å²) >= 11 is 13.9. The number of nitrogens with zero attached hydrogens (tertiary/aromatic N) is 1. The van der Waals surface area contributed by atoms with Gasteiger partial charge in [0.2, 0.25) is 11.8 Å². The highest BCUT2D eigenvalue weighted by Crippen LogP contribution is 2.23. The van der Waals surface area contributed by atoms with Gasteiger partial charge in [0, 0.05) is 40.4 Å². The van der Waals surface area contributed by atoms with E-state index in [1.54, 1.807) is 22.7 Å². The van der Waals surface area contributed by atoms with Crippen molar-refractivity contribution in [2.24, 2.45) is 0 Å². The maximum Gasteiger partial charge on any atom is 0.243 e. The van der Waals surface area contributed by atoms with Gasteiger partial charge in [-0.2, -0.15) is 0 Å². The number of carbonyl (C=O) groups excluding carboxylic acids is 2. The average molecular weight is 544 g/mol. The molecule has 3 aromatic rings. The van der Waals surface area contributed by atoms with Crippen LogP contribution < -0.4 is 5.32 Å². The Bertz CT molecular complexity index is 1120. The first-order valence-corrected chi connectivity index (χ1v) is 13.8. The second kappa shape index (κ2) is 14.3. The topological polar surface area (TPSA) is 49.4 Å².